The van der Waals surface area contributed by atoms with Gasteiger partial charge in [-0.1, -0.05) is 19.3 Å². The van der Waals surface area contributed by atoms with Gasteiger partial charge in [0.15, 0.2) is 0 Å². The second-order valence-corrected chi connectivity index (χ2v) is 9.47. The van der Waals surface area contributed by atoms with Gasteiger partial charge in [0.05, 0.1) is 49.7 Å². The van der Waals surface area contributed by atoms with Crippen LogP contribution in [0.2, 0.25) is 0 Å². The molecule has 6 rings (SSSR count). The van der Waals surface area contributed by atoms with E-state index in [1.807, 2.05) is 17.1 Å². The van der Waals surface area contributed by atoms with Gasteiger partial charge in [-0.2, -0.15) is 10.1 Å². The molecule has 158 valence electrons. The molecule has 0 atom stereocenters. The number of thiophene rings is 1. The Balaban J connectivity index is 1.34. The van der Waals surface area contributed by atoms with Crippen LogP contribution in [0.15, 0.2) is 12.4 Å². The van der Waals surface area contributed by atoms with Crippen molar-refractivity contribution in [3.8, 4) is 0 Å². The fourth-order valence-corrected chi connectivity index (χ4v) is 5.69. The van der Waals surface area contributed by atoms with Crippen LogP contribution in [-0.4, -0.2) is 45.6 Å². The summed E-state index contributed by atoms with van der Waals surface area (Å²) >= 11 is 1.73. The summed E-state index contributed by atoms with van der Waals surface area (Å²) in [5, 5.41) is 12.8. The molecule has 0 aromatic carbocycles. The lowest BCUT2D eigenvalue weighted by Crippen LogP contribution is -2.30. The number of anilines is 3. The summed E-state index contributed by atoms with van der Waals surface area (Å²) in [6, 6.07) is 0.818. The molecule has 3 aliphatic rings. The molecule has 2 fully saturated rings. The Morgan fingerprint density at radius 3 is 2.83 bits per heavy atom. The third-order valence-corrected chi connectivity index (χ3v) is 7.36. The first-order valence-corrected chi connectivity index (χ1v) is 11.7. The van der Waals surface area contributed by atoms with Crippen LogP contribution in [-0.2, 0) is 22.5 Å². The second kappa shape index (κ2) is 7.79. The average molecular weight is 427 g/mol. The summed E-state index contributed by atoms with van der Waals surface area (Å²) in [6.45, 7) is 2.90. The number of ether oxygens (including phenoxy) is 2. The molecule has 1 saturated carbocycles. The van der Waals surface area contributed by atoms with E-state index in [9.17, 15) is 0 Å². The van der Waals surface area contributed by atoms with E-state index in [-0.39, 0.29) is 0 Å². The van der Waals surface area contributed by atoms with Crippen molar-refractivity contribution >= 4 is 39.0 Å². The third-order valence-electron chi connectivity index (χ3n) is 6.26. The van der Waals surface area contributed by atoms with Crippen LogP contribution in [0.4, 0.5) is 17.5 Å². The van der Waals surface area contributed by atoms with Gasteiger partial charge in [0.25, 0.3) is 0 Å². The summed E-state index contributed by atoms with van der Waals surface area (Å²) in [5.41, 5.74) is 2.26. The lowest BCUT2D eigenvalue weighted by atomic mass is 9.95. The topological polar surface area (TPSA) is 86.1 Å². The summed E-state index contributed by atoms with van der Waals surface area (Å²) < 4.78 is 12.9. The summed E-state index contributed by atoms with van der Waals surface area (Å²) in [4.78, 5) is 12.1. The van der Waals surface area contributed by atoms with Crippen LogP contribution in [0, 0.1) is 0 Å². The first-order chi connectivity index (χ1) is 14.8. The molecule has 0 spiro atoms. The van der Waals surface area contributed by atoms with Crippen LogP contribution < -0.4 is 10.6 Å². The van der Waals surface area contributed by atoms with Gasteiger partial charge >= 0.3 is 0 Å². The molecule has 1 saturated heterocycles. The van der Waals surface area contributed by atoms with E-state index < -0.39 is 0 Å². The molecule has 0 amide bonds. The molecule has 2 aliphatic heterocycles. The molecular weight excluding hydrogens is 400 g/mol. The maximum absolute atomic E-state index is 5.69. The number of aromatic nitrogens is 4. The van der Waals surface area contributed by atoms with Gasteiger partial charge in [0, 0.05) is 17.1 Å². The summed E-state index contributed by atoms with van der Waals surface area (Å²) in [5.74, 6) is 1.58. The Morgan fingerprint density at radius 1 is 1.10 bits per heavy atom. The molecular formula is C21H26N6O2S. The number of nitrogens with one attached hydrogen (secondary N) is 2. The Labute approximate surface area is 179 Å². The Kier molecular flexibility index (Phi) is 4.81. The predicted molar refractivity (Wildman–Crippen MR) is 117 cm³/mol. The highest BCUT2D eigenvalue weighted by Gasteiger charge is 2.24. The third kappa shape index (κ3) is 3.44. The molecule has 3 aromatic heterocycles. The maximum atomic E-state index is 5.69. The van der Waals surface area contributed by atoms with Crippen molar-refractivity contribution < 1.29 is 9.47 Å². The lowest BCUT2D eigenvalue weighted by Gasteiger charge is -2.25. The Morgan fingerprint density at radius 2 is 2.00 bits per heavy atom. The van der Waals surface area contributed by atoms with Crippen LogP contribution in [0.25, 0.3) is 10.2 Å². The number of hydrogen-bond acceptors (Lipinski definition) is 8. The molecule has 5 heterocycles. The minimum Gasteiger partial charge on any atom is -0.377 e. The highest BCUT2D eigenvalue weighted by atomic mass is 32.1. The first-order valence-electron chi connectivity index (χ1n) is 10.9. The maximum Gasteiger partial charge on any atom is 0.230 e. The largest absolute Gasteiger partial charge is 0.377 e. The number of rotatable bonds is 5. The van der Waals surface area contributed by atoms with Gasteiger partial charge < -0.3 is 20.1 Å². The zero-order valence-corrected chi connectivity index (χ0v) is 17.7. The quantitative estimate of drug-likeness (QED) is 0.637. The number of hydrogen-bond donors (Lipinski definition) is 2. The molecule has 2 N–H and O–H groups in total. The molecule has 0 radical (unpaired) electrons. The monoisotopic (exact) mass is 426 g/mol. The molecule has 3 aromatic rings. The van der Waals surface area contributed by atoms with E-state index in [4.69, 9.17) is 19.4 Å². The van der Waals surface area contributed by atoms with Gasteiger partial charge in [-0.05, 0) is 24.8 Å². The normalized spacial score (nSPS) is 20.1. The van der Waals surface area contributed by atoms with Gasteiger partial charge in [-0.3, -0.25) is 4.68 Å². The van der Waals surface area contributed by atoms with Crippen LogP contribution >= 0.6 is 11.3 Å². The van der Waals surface area contributed by atoms with Crippen molar-refractivity contribution in [3.05, 3.63) is 22.8 Å². The second-order valence-electron chi connectivity index (χ2n) is 8.39. The molecule has 0 unspecified atom stereocenters. The summed E-state index contributed by atoms with van der Waals surface area (Å²) in [6.07, 6.45) is 11.1. The lowest BCUT2D eigenvalue weighted by molar-refractivity contribution is -0.0286. The van der Waals surface area contributed by atoms with E-state index in [0.717, 1.165) is 42.6 Å². The van der Waals surface area contributed by atoms with Crippen molar-refractivity contribution in [2.24, 2.45) is 0 Å². The van der Waals surface area contributed by atoms with E-state index in [1.54, 1.807) is 11.3 Å². The average Bonchev–Trinajstić information content (AvgIpc) is 3.32. The molecule has 1 aliphatic carbocycles. The fourth-order valence-electron chi connectivity index (χ4n) is 4.53. The van der Waals surface area contributed by atoms with Crippen LogP contribution in [0.1, 0.15) is 48.6 Å². The van der Waals surface area contributed by atoms with E-state index >= 15 is 0 Å². The summed E-state index contributed by atoms with van der Waals surface area (Å²) in [7, 11) is 0. The zero-order chi connectivity index (χ0) is 19.9. The van der Waals surface area contributed by atoms with Gasteiger partial charge in [-0.25, -0.2) is 4.98 Å². The van der Waals surface area contributed by atoms with Gasteiger partial charge in [0.2, 0.25) is 5.95 Å². The minimum atomic E-state index is 0.330. The molecule has 8 nitrogen and oxygen atoms in total. The minimum absolute atomic E-state index is 0.330. The van der Waals surface area contributed by atoms with Crippen LogP contribution in [0.3, 0.4) is 0 Å². The standard InChI is InChI=1S/C21H26N6O2S/c1-2-4-13(5-3-1)23-19-18-16-6-7-28-12-17(16)30-20(18)26-21(25-19)24-14-8-22-27(9-14)15-10-29-11-15/h8-9,13,15H,1-7,10-12H2,(H2,23,24,25,26). The van der Waals surface area contributed by atoms with Crippen molar-refractivity contribution in [2.75, 3.05) is 30.5 Å². The smallest absolute Gasteiger partial charge is 0.230 e. The number of fused-ring (bicyclic) bond motifs is 3. The Bertz CT molecular complexity index is 1050. The highest BCUT2D eigenvalue weighted by Crippen LogP contribution is 2.39. The van der Waals surface area contributed by atoms with Gasteiger partial charge in [0.1, 0.15) is 10.6 Å². The van der Waals surface area contributed by atoms with Crippen molar-refractivity contribution in [3.63, 3.8) is 0 Å². The molecule has 9 heteroatoms. The van der Waals surface area contributed by atoms with Crippen molar-refractivity contribution in [1.29, 1.82) is 0 Å². The highest BCUT2D eigenvalue weighted by molar-refractivity contribution is 7.19. The van der Waals surface area contributed by atoms with E-state index in [2.05, 4.69) is 15.7 Å². The first kappa shape index (κ1) is 18.5. The molecule has 30 heavy (non-hydrogen) atoms. The Hall–Kier alpha value is -2.23. The van der Waals surface area contributed by atoms with Crippen molar-refractivity contribution in [2.45, 2.75) is 57.2 Å². The van der Waals surface area contributed by atoms with E-state index in [0.29, 0.717) is 24.6 Å². The van der Waals surface area contributed by atoms with Crippen molar-refractivity contribution in [1.82, 2.24) is 19.7 Å². The zero-order valence-electron chi connectivity index (χ0n) is 16.9. The van der Waals surface area contributed by atoms with Crippen LogP contribution in [0.5, 0.6) is 0 Å². The fraction of sp³-hybridized carbons (Fsp3) is 0.571. The van der Waals surface area contributed by atoms with E-state index in [1.165, 1.54) is 47.9 Å². The number of nitrogens with zero attached hydrogens (tertiary/aromatic N) is 4. The predicted octanol–water partition coefficient (Wildman–Crippen LogP) is 4.02. The SMILES string of the molecule is c1nn(C2COC2)cc1Nc1nc(NC2CCCCC2)c2c3c(sc2n1)COCC3. The molecule has 0 bridgehead atoms. The van der Waals surface area contributed by atoms with Gasteiger partial charge in [-0.15, -0.1) is 11.3 Å².